The Kier molecular flexibility index (Phi) is 4.82. The lowest BCUT2D eigenvalue weighted by Crippen LogP contribution is -2.36. The maximum atomic E-state index is 5.43. The zero-order chi connectivity index (χ0) is 11.4. The van der Waals surface area contributed by atoms with E-state index in [4.69, 9.17) is 4.74 Å². The summed E-state index contributed by atoms with van der Waals surface area (Å²) in [7, 11) is 1.82. The number of methoxy groups -OCH3 is 1. The smallest absolute Gasteiger partial charge is 0.0586 e. The summed E-state index contributed by atoms with van der Waals surface area (Å²) < 4.78 is 6.62. The maximum Gasteiger partial charge on any atom is 0.0586 e. The molecule has 4 heteroatoms. The number of halogens is 1. The summed E-state index contributed by atoms with van der Waals surface area (Å²) in [5.74, 6) is 0. The van der Waals surface area contributed by atoms with Gasteiger partial charge in [-0.05, 0) is 47.7 Å². The first-order valence-corrected chi connectivity index (χ1v) is 7.44. The van der Waals surface area contributed by atoms with Crippen molar-refractivity contribution >= 4 is 27.3 Å². The number of hydrogen-bond donors (Lipinski definition) is 1. The highest BCUT2D eigenvalue weighted by molar-refractivity contribution is 9.10. The molecule has 0 saturated heterocycles. The highest BCUT2D eigenvalue weighted by atomic mass is 79.9. The molecule has 1 saturated carbocycles. The van der Waals surface area contributed by atoms with Crippen LogP contribution in [0.5, 0.6) is 0 Å². The van der Waals surface area contributed by atoms with E-state index in [-0.39, 0.29) is 0 Å². The molecule has 16 heavy (non-hydrogen) atoms. The van der Waals surface area contributed by atoms with E-state index in [0.717, 1.165) is 13.0 Å². The lowest BCUT2D eigenvalue weighted by atomic mass is 9.93. The minimum absolute atomic E-state index is 0.460. The van der Waals surface area contributed by atoms with Crippen molar-refractivity contribution in [2.75, 3.05) is 7.11 Å². The molecular weight excluding hydrogens is 286 g/mol. The fraction of sp³-hybridized carbons (Fsp3) is 0.667. The van der Waals surface area contributed by atoms with Crippen LogP contribution in [0.15, 0.2) is 15.9 Å². The van der Waals surface area contributed by atoms with E-state index in [2.05, 4.69) is 32.7 Å². The molecule has 0 spiro atoms. The Balaban J connectivity index is 1.77. The normalized spacial score (nSPS) is 25.9. The van der Waals surface area contributed by atoms with Crippen molar-refractivity contribution in [3.63, 3.8) is 0 Å². The lowest BCUT2D eigenvalue weighted by Gasteiger charge is -2.28. The van der Waals surface area contributed by atoms with E-state index in [1.807, 2.05) is 7.11 Å². The first-order chi connectivity index (χ1) is 7.78. The third-order valence-corrected chi connectivity index (χ3v) is 4.84. The van der Waals surface area contributed by atoms with Crippen LogP contribution >= 0.6 is 27.3 Å². The monoisotopic (exact) mass is 303 g/mol. The van der Waals surface area contributed by atoms with Crippen molar-refractivity contribution in [2.45, 2.75) is 44.4 Å². The van der Waals surface area contributed by atoms with Gasteiger partial charge in [-0.15, -0.1) is 11.3 Å². The first-order valence-electron chi connectivity index (χ1n) is 5.77. The van der Waals surface area contributed by atoms with Crippen molar-refractivity contribution in [1.29, 1.82) is 0 Å². The topological polar surface area (TPSA) is 21.3 Å². The molecule has 90 valence electrons. The number of ether oxygens (including phenoxy) is 1. The molecule has 2 atom stereocenters. The van der Waals surface area contributed by atoms with Gasteiger partial charge in [-0.25, -0.2) is 0 Å². The summed E-state index contributed by atoms with van der Waals surface area (Å²) in [4.78, 5) is 1.39. The van der Waals surface area contributed by atoms with Crippen LogP contribution in [0.25, 0.3) is 0 Å². The van der Waals surface area contributed by atoms with Crippen LogP contribution in [0, 0.1) is 0 Å². The van der Waals surface area contributed by atoms with Gasteiger partial charge in [0.1, 0.15) is 0 Å². The molecule has 2 unspecified atom stereocenters. The van der Waals surface area contributed by atoms with Crippen LogP contribution in [-0.2, 0) is 11.3 Å². The number of rotatable bonds is 4. The maximum absolute atomic E-state index is 5.43. The van der Waals surface area contributed by atoms with Gasteiger partial charge in [-0.2, -0.15) is 0 Å². The number of thiophene rings is 1. The van der Waals surface area contributed by atoms with Crippen LogP contribution < -0.4 is 5.32 Å². The van der Waals surface area contributed by atoms with E-state index in [1.54, 1.807) is 11.3 Å². The zero-order valence-electron chi connectivity index (χ0n) is 9.54. The minimum atomic E-state index is 0.460. The molecule has 1 heterocycles. The number of hydrogen-bond acceptors (Lipinski definition) is 3. The molecule has 1 aromatic rings. The van der Waals surface area contributed by atoms with Crippen molar-refractivity contribution in [3.8, 4) is 0 Å². The molecule has 0 bridgehead atoms. The fourth-order valence-electron chi connectivity index (χ4n) is 2.24. The average molecular weight is 304 g/mol. The van der Waals surface area contributed by atoms with Gasteiger partial charge in [0.15, 0.2) is 0 Å². The second kappa shape index (κ2) is 6.15. The molecule has 2 nitrogen and oxygen atoms in total. The molecule has 0 amide bonds. The summed E-state index contributed by atoms with van der Waals surface area (Å²) in [6.07, 6.45) is 5.40. The summed E-state index contributed by atoms with van der Waals surface area (Å²) in [5.41, 5.74) is 0. The quantitative estimate of drug-likeness (QED) is 0.918. The molecule has 1 N–H and O–H groups in total. The Morgan fingerprint density at radius 1 is 1.56 bits per heavy atom. The van der Waals surface area contributed by atoms with Crippen LogP contribution in [0.1, 0.15) is 30.6 Å². The standard InChI is InChI=1S/C12H18BrNOS/c1-15-11-4-2-3-10(6-11)14-7-12-5-9(13)8-16-12/h5,8,10-11,14H,2-4,6-7H2,1H3. The third-order valence-electron chi connectivity index (χ3n) is 3.15. The van der Waals surface area contributed by atoms with Crippen molar-refractivity contribution < 1.29 is 4.74 Å². The Hall–Kier alpha value is 0.1000. The van der Waals surface area contributed by atoms with E-state index in [0.29, 0.717) is 12.1 Å². The predicted octanol–water partition coefficient (Wildman–Crippen LogP) is 3.56. The minimum Gasteiger partial charge on any atom is -0.381 e. The molecule has 0 radical (unpaired) electrons. The van der Waals surface area contributed by atoms with Gasteiger partial charge >= 0.3 is 0 Å². The summed E-state index contributed by atoms with van der Waals surface area (Å²) in [5, 5.41) is 5.76. The third kappa shape index (κ3) is 3.55. The molecule has 0 aromatic carbocycles. The molecule has 1 fully saturated rings. The van der Waals surface area contributed by atoms with Gasteiger partial charge in [-0.3, -0.25) is 0 Å². The molecule has 2 rings (SSSR count). The summed E-state index contributed by atoms with van der Waals surface area (Å²) >= 11 is 5.29. The average Bonchev–Trinajstić information content (AvgIpc) is 2.73. The van der Waals surface area contributed by atoms with Crippen LogP contribution in [0.3, 0.4) is 0 Å². The highest BCUT2D eigenvalue weighted by Crippen LogP contribution is 2.23. The van der Waals surface area contributed by atoms with Gasteiger partial charge in [0.2, 0.25) is 0 Å². The molecule has 0 aliphatic heterocycles. The largest absolute Gasteiger partial charge is 0.381 e. The summed E-state index contributed by atoms with van der Waals surface area (Å²) in [6.45, 7) is 0.983. The summed E-state index contributed by atoms with van der Waals surface area (Å²) in [6, 6.07) is 2.81. The van der Waals surface area contributed by atoms with Crippen molar-refractivity contribution in [2.24, 2.45) is 0 Å². The van der Waals surface area contributed by atoms with Crippen LogP contribution in [0.4, 0.5) is 0 Å². The Morgan fingerprint density at radius 3 is 3.12 bits per heavy atom. The second-order valence-electron chi connectivity index (χ2n) is 4.33. The molecule has 1 aromatic heterocycles. The van der Waals surface area contributed by atoms with Gasteiger partial charge in [0.05, 0.1) is 6.10 Å². The van der Waals surface area contributed by atoms with Crippen molar-refractivity contribution in [1.82, 2.24) is 5.32 Å². The Labute approximate surface area is 110 Å². The van der Waals surface area contributed by atoms with Gasteiger partial charge in [-0.1, -0.05) is 0 Å². The lowest BCUT2D eigenvalue weighted by molar-refractivity contribution is 0.0586. The predicted molar refractivity (Wildman–Crippen MR) is 71.9 cm³/mol. The molecule has 1 aliphatic carbocycles. The van der Waals surface area contributed by atoms with Crippen LogP contribution in [-0.4, -0.2) is 19.3 Å². The van der Waals surface area contributed by atoms with Crippen molar-refractivity contribution in [3.05, 3.63) is 20.8 Å². The SMILES string of the molecule is COC1CCCC(NCc2cc(Br)cs2)C1. The van der Waals surface area contributed by atoms with E-state index in [9.17, 15) is 0 Å². The van der Waals surface area contributed by atoms with E-state index >= 15 is 0 Å². The van der Waals surface area contributed by atoms with E-state index < -0.39 is 0 Å². The fourth-order valence-corrected chi connectivity index (χ4v) is 3.64. The van der Waals surface area contributed by atoms with E-state index in [1.165, 1.54) is 28.6 Å². The van der Waals surface area contributed by atoms with Gasteiger partial charge in [0, 0.05) is 34.4 Å². The Morgan fingerprint density at radius 2 is 2.44 bits per heavy atom. The first kappa shape index (κ1) is 12.6. The Bertz CT molecular complexity index is 329. The van der Waals surface area contributed by atoms with Gasteiger partial charge < -0.3 is 10.1 Å². The van der Waals surface area contributed by atoms with Gasteiger partial charge in [0.25, 0.3) is 0 Å². The highest BCUT2D eigenvalue weighted by Gasteiger charge is 2.21. The second-order valence-corrected chi connectivity index (χ2v) is 6.24. The van der Waals surface area contributed by atoms with Crippen LogP contribution in [0.2, 0.25) is 0 Å². The molecule has 1 aliphatic rings. The molecular formula is C12H18BrNOS. The zero-order valence-corrected chi connectivity index (χ0v) is 11.9. The number of nitrogens with one attached hydrogen (secondary N) is 1.